The van der Waals surface area contributed by atoms with Gasteiger partial charge in [0.2, 0.25) is 0 Å². The maximum absolute atomic E-state index is 11.9. The van der Waals surface area contributed by atoms with E-state index in [0.29, 0.717) is 11.5 Å². The number of hydrogen-bond acceptors (Lipinski definition) is 0. The molecule has 3 heteroatoms. The van der Waals surface area contributed by atoms with Gasteiger partial charge in [-0.05, 0) is 18.8 Å². The highest BCUT2D eigenvalue weighted by Gasteiger charge is 2.29. The lowest BCUT2D eigenvalue weighted by Gasteiger charge is -2.06. The SMILES string of the molecule is C=C(/C=C\C(=C)C(F)(F)F)C(C)C.C=C(C)/C=C\C(=C)C(C)C. The second kappa shape index (κ2) is 10.9. The summed E-state index contributed by atoms with van der Waals surface area (Å²) in [6, 6.07) is 0. The Morgan fingerprint density at radius 2 is 1.09 bits per heavy atom. The molecule has 0 aromatic carbocycles. The largest absolute Gasteiger partial charge is 0.415 e. The third-order valence-electron chi connectivity index (χ3n) is 2.93. The molecule has 0 saturated carbocycles. The van der Waals surface area contributed by atoms with E-state index in [4.69, 9.17) is 0 Å². The summed E-state index contributed by atoms with van der Waals surface area (Å²) >= 11 is 0. The van der Waals surface area contributed by atoms with Crippen LogP contribution in [0.15, 0.2) is 72.9 Å². The molecule has 0 fully saturated rings. The number of hydrogen-bond donors (Lipinski definition) is 0. The Balaban J connectivity index is 0. The van der Waals surface area contributed by atoms with Gasteiger partial charge in [0.1, 0.15) is 0 Å². The minimum absolute atomic E-state index is 0.150. The molecule has 130 valence electrons. The summed E-state index contributed by atoms with van der Waals surface area (Å²) < 4.78 is 35.8. The van der Waals surface area contributed by atoms with Crippen molar-refractivity contribution in [2.75, 3.05) is 0 Å². The van der Waals surface area contributed by atoms with Gasteiger partial charge in [0.15, 0.2) is 0 Å². The van der Waals surface area contributed by atoms with Crippen molar-refractivity contribution in [1.82, 2.24) is 0 Å². The summed E-state index contributed by atoms with van der Waals surface area (Å²) in [5.41, 5.74) is 2.03. The Kier molecular flexibility index (Phi) is 11.1. The molecule has 23 heavy (non-hydrogen) atoms. The van der Waals surface area contributed by atoms with Crippen molar-refractivity contribution in [2.45, 2.75) is 40.8 Å². The van der Waals surface area contributed by atoms with Gasteiger partial charge in [0.25, 0.3) is 0 Å². The highest BCUT2D eigenvalue weighted by atomic mass is 19.4. The molecule has 0 saturated heterocycles. The van der Waals surface area contributed by atoms with Crippen LogP contribution in [0.3, 0.4) is 0 Å². The molecule has 0 spiro atoms. The molecule has 0 nitrogen and oxygen atoms in total. The average molecular weight is 326 g/mol. The van der Waals surface area contributed by atoms with Crippen molar-refractivity contribution in [3.8, 4) is 0 Å². The van der Waals surface area contributed by atoms with Crippen LogP contribution in [0.25, 0.3) is 0 Å². The van der Waals surface area contributed by atoms with Crippen molar-refractivity contribution in [3.63, 3.8) is 0 Å². The zero-order valence-electron chi connectivity index (χ0n) is 14.9. The van der Waals surface area contributed by atoms with Gasteiger partial charge in [-0.2, -0.15) is 13.2 Å². The van der Waals surface area contributed by atoms with E-state index in [1.165, 1.54) is 6.08 Å². The Labute approximate surface area is 139 Å². The molecular formula is C20H29F3. The Morgan fingerprint density at radius 1 is 0.739 bits per heavy atom. The lowest BCUT2D eigenvalue weighted by atomic mass is 10.0. The van der Waals surface area contributed by atoms with E-state index in [9.17, 15) is 13.2 Å². The van der Waals surface area contributed by atoms with Crippen molar-refractivity contribution < 1.29 is 13.2 Å². The fraction of sp³-hybridized carbons (Fsp3) is 0.400. The van der Waals surface area contributed by atoms with Gasteiger partial charge in [0, 0.05) is 5.57 Å². The number of alkyl halides is 3. The molecule has 0 heterocycles. The van der Waals surface area contributed by atoms with Crippen LogP contribution in [0.5, 0.6) is 0 Å². The van der Waals surface area contributed by atoms with Crippen LogP contribution >= 0.6 is 0 Å². The summed E-state index contributed by atoms with van der Waals surface area (Å²) in [4.78, 5) is 0. The van der Waals surface area contributed by atoms with Crippen LogP contribution < -0.4 is 0 Å². The summed E-state index contributed by atoms with van der Waals surface area (Å²) in [5.74, 6) is 0.688. The number of allylic oxidation sites excluding steroid dienone is 8. The summed E-state index contributed by atoms with van der Waals surface area (Å²) in [7, 11) is 0. The van der Waals surface area contributed by atoms with E-state index in [-0.39, 0.29) is 5.92 Å². The zero-order valence-corrected chi connectivity index (χ0v) is 14.9. The van der Waals surface area contributed by atoms with Crippen LogP contribution in [-0.2, 0) is 0 Å². The van der Waals surface area contributed by atoms with Crippen molar-refractivity contribution in [2.24, 2.45) is 11.8 Å². The average Bonchev–Trinajstić information content (AvgIpc) is 2.40. The first-order valence-electron chi connectivity index (χ1n) is 7.44. The minimum atomic E-state index is -4.34. The molecule has 0 radical (unpaired) electrons. The van der Waals surface area contributed by atoms with Gasteiger partial charge < -0.3 is 0 Å². The molecule has 0 aromatic heterocycles. The van der Waals surface area contributed by atoms with E-state index < -0.39 is 11.7 Å². The lowest BCUT2D eigenvalue weighted by molar-refractivity contribution is -0.0878. The van der Waals surface area contributed by atoms with E-state index in [0.717, 1.165) is 17.2 Å². The quantitative estimate of drug-likeness (QED) is 0.453. The smallest absolute Gasteiger partial charge is 0.166 e. The van der Waals surface area contributed by atoms with E-state index >= 15 is 0 Å². The minimum Gasteiger partial charge on any atom is -0.166 e. The van der Waals surface area contributed by atoms with E-state index in [1.54, 1.807) is 0 Å². The van der Waals surface area contributed by atoms with Crippen LogP contribution in [0.2, 0.25) is 0 Å². The van der Waals surface area contributed by atoms with Gasteiger partial charge in [-0.3, -0.25) is 0 Å². The summed E-state index contributed by atoms with van der Waals surface area (Å²) in [5, 5.41) is 0. The highest BCUT2D eigenvalue weighted by Crippen LogP contribution is 2.25. The van der Waals surface area contributed by atoms with Crippen molar-refractivity contribution in [3.05, 3.63) is 72.9 Å². The first-order chi connectivity index (χ1) is 10.3. The van der Waals surface area contributed by atoms with Gasteiger partial charge in [-0.1, -0.05) is 95.0 Å². The molecule has 0 aromatic rings. The topological polar surface area (TPSA) is 0 Å². The van der Waals surface area contributed by atoms with Crippen LogP contribution in [-0.4, -0.2) is 6.18 Å². The fourth-order valence-corrected chi connectivity index (χ4v) is 0.936. The molecule has 0 aliphatic heterocycles. The number of rotatable bonds is 6. The maximum Gasteiger partial charge on any atom is 0.415 e. The molecule has 0 aliphatic rings. The molecule has 0 amide bonds. The monoisotopic (exact) mass is 326 g/mol. The third-order valence-corrected chi connectivity index (χ3v) is 2.93. The van der Waals surface area contributed by atoms with Crippen molar-refractivity contribution >= 4 is 0 Å². The molecule has 0 unspecified atom stereocenters. The van der Waals surface area contributed by atoms with Gasteiger partial charge in [-0.15, -0.1) is 0 Å². The molecule has 0 rings (SSSR count). The van der Waals surface area contributed by atoms with Gasteiger partial charge in [0.05, 0.1) is 0 Å². The van der Waals surface area contributed by atoms with Crippen LogP contribution in [0, 0.1) is 11.8 Å². The normalized spacial score (nSPS) is 11.7. The Hall–Kier alpha value is -1.77. The number of halogens is 3. The first-order valence-corrected chi connectivity index (χ1v) is 7.44. The zero-order chi connectivity index (χ0) is 18.8. The standard InChI is InChI=1S/C10H13F3.C10H16/c1-7(2)8(3)5-6-9(4)10(11,12)13;1-8(2)6-7-10(5)9(3)4/h5-7H,3-4H2,1-2H3;6-7,9H,1,5H2,2-4H3/b6-5-;7-6-. The van der Waals surface area contributed by atoms with Gasteiger partial charge >= 0.3 is 6.18 Å². The molecule has 0 aliphatic carbocycles. The highest BCUT2D eigenvalue weighted by molar-refractivity contribution is 5.27. The maximum atomic E-state index is 11.9. The third kappa shape index (κ3) is 13.6. The Bertz CT molecular complexity index is 484. The predicted molar refractivity (Wildman–Crippen MR) is 96.2 cm³/mol. The first kappa shape index (κ1) is 23.5. The fourth-order valence-electron chi connectivity index (χ4n) is 0.936. The Morgan fingerprint density at radius 3 is 1.35 bits per heavy atom. The molecule has 0 atom stereocenters. The van der Waals surface area contributed by atoms with Crippen LogP contribution in [0.1, 0.15) is 34.6 Å². The van der Waals surface area contributed by atoms with Crippen molar-refractivity contribution in [1.29, 1.82) is 0 Å². The molecule has 0 bridgehead atoms. The summed E-state index contributed by atoms with van der Waals surface area (Å²) in [6.07, 6.45) is 1.96. The lowest BCUT2D eigenvalue weighted by Crippen LogP contribution is -2.08. The second-order valence-electron chi connectivity index (χ2n) is 6.00. The molecule has 0 N–H and O–H groups in total. The van der Waals surface area contributed by atoms with Gasteiger partial charge in [-0.25, -0.2) is 0 Å². The second-order valence-corrected chi connectivity index (χ2v) is 6.00. The van der Waals surface area contributed by atoms with E-state index in [2.05, 4.69) is 40.2 Å². The van der Waals surface area contributed by atoms with Crippen LogP contribution in [0.4, 0.5) is 13.2 Å². The van der Waals surface area contributed by atoms with E-state index in [1.807, 2.05) is 32.9 Å². The predicted octanol–water partition coefficient (Wildman–Crippen LogP) is 7.20. The summed E-state index contributed by atoms with van der Waals surface area (Å²) in [6.45, 7) is 24.1. The molecular weight excluding hydrogens is 297 g/mol.